The number of hydrogen-bond donors (Lipinski definition) is 1. The first-order valence-corrected chi connectivity index (χ1v) is 4.86. The number of methoxy groups -OCH3 is 1. The second-order valence-corrected chi connectivity index (χ2v) is 3.28. The first-order valence-electron chi connectivity index (χ1n) is 4.86. The highest BCUT2D eigenvalue weighted by molar-refractivity contribution is 5.97. The predicted octanol–water partition coefficient (Wildman–Crippen LogP) is 1.48. The minimum Gasteiger partial charge on any atom is -0.464 e. The Morgan fingerprint density at radius 3 is 2.35 bits per heavy atom. The fourth-order valence-corrected chi connectivity index (χ4v) is 1.17. The lowest BCUT2D eigenvalue weighted by Gasteiger charge is -2.05. The Kier molecular flexibility index (Phi) is 4.39. The lowest BCUT2D eigenvalue weighted by atomic mass is 10.3. The molecular formula is C12H12FNO3. The highest BCUT2D eigenvalue weighted by Crippen LogP contribution is 2.08. The molecule has 0 atom stereocenters. The molecule has 1 aromatic carbocycles. The van der Waals surface area contributed by atoms with Gasteiger partial charge in [-0.1, -0.05) is 12.1 Å². The number of rotatable bonds is 3. The summed E-state index contributed by atoms with van der Waals surface area (Å²) in [5.74, 6) is -1.42. The van der Waals surface area contributed by atoms with Crippen LogP contribution in [0, 0.1) is 5.82 Å². The van der Waals surface area contributed by atoms with Crippen molar-refractivity contribution in [2.45, 2.75) is 6.92 Å². The van der Waals surface area contributed by atoms with Gasteiger partial charge in [-0.3, -0.25) is 4.79 Å². The van der Waals surface area contributed by atoms with Crippen LogP contribution in [0.25, 0.3) is 6.08 Å². The molecule has 17 heavy (non-hydrogen) atoms. The molecule has 90 valence electrons. The van der Waals surface area contributed by atoms with E-state index in [9.17, 15) is 14.0 Å². The van der Waals surface area contributed by atoms with Gasteiger partial charge in [-0.05, 0) is 23.8 Å². The summed E-state index contributed by atoms with van der Waals surface area (Å²) in [6.07, 6.45) is 1.41. The van der Waals surface area contributed by atoms with E-state index in [1.807, 2.05) is 0 Å². The van der Waals surface area contributed by atoms with E-state index >= 15 is 0 Å². The van der Waals surface area contributed by atoms with Crippen molar-refractivity contribution in [3.63, 3.8) is 0 Å². The highest BCUT2D eigenvalue weighted by atomic mass is 19.1. The van der Waals surface area contributed by atoms with Gasteiger partial charge in [0.05, 0.1) is 7.11 Å². The van der Waals surface area contributed by atoms with E-state index in [2.05, 4.69) is 10.1 Å². The van der Waals surface area contributed by atoms with Crippen LogP contribution in [0.3, 0.4) is 0 Å². The summed E-state index contributed by atoms with van der Waals surface area (Å²) < 4.78 is 17.2. The van der Waals surface area contributed by atoms with Gasteiger partial charge in [-0.2, -0.15) is 0 Å². The van der Waals surface area contributed by atoms with Gasteiger partial charge in [0.2, 0.25) is 5.91 Å². The molecule has 1 aromatic rings. The van der Waals surface area contributed by atoms with E-state index in [1.54, 1.807) is 0 Å². The molecule has 0 fully saturated rings. The van der Waals surface area contributed by atoms with E-state index in [1.165, 1.54) is 44.4 Å². The maximum absolute atomic E-state index is 12.7. The summed E-state index contributed by atoms with van der Waals surface area (Å²) in [5.41, 5.74) is 0.590. The van der Waals surface area contributed by atoms with E-state index in [0.717, 1.165) is 0 Å². The normalized spacial score (nSPS) is 10.9. The quantitative estimate of drug-likeness (QED) is 0.493. The third-order valence-corrected chi connectivity index (χ3v) is 1.90. The molecule has 1 N–H and O–H groups in total. The fraction of sp³-hybridized carbons (Fsp3) is 0.167. The summed E-state index contributed by atoms with van der Waals surface area (Å²) in [5, 5.41) is 2.35. The maximum atomic E-state index is 12.7. The molecule has 0 heterocycles. The van der Waals surface area contributed by atoms with Crippen molar-refractivity contribution in [3.05, 3.63) is 41.3 Å². The van der Waals surface area contributed by atoms with Crippen molar-refractivity contribution in [1.29, 1.82) is 0 Å². The third kappa shape index (κ3) is 4.06. The Morgan fingerprint density at radius 1 is 1.29 bits per heavy atom. The van der Waals surface area contributed by atoms with E-state index in [4.69, 9.17) is 0 Å². The number of ether oxygens (including phenoxy) is 1. The third-order valence-electron chi connectivity index (χ3n) is 1.90. The molecule has 0 aromatic heterocycles. The summed E-state index contributed by atoms with van der Waals surface area (Å²) in [6.45, 7) is 1.28. The van der Waals surface area contributed by atoms with Crippen LogP contribution in [0.2, 0.25) is 0 Å². The van der Waals surface area contributed by atoms with Gasteiger partial charge in [0.25, 0.3) is 0 Å². The molecule has 0 saturated carbocycles. The van der Waals surface area contributed by atoms with Crippen LogP contribution in [0.5, 0.6) is 0 Å². The number of esters is 1. The Bertz CT molecular complexity index is 451. The number of carbonyl (C=O) groups excluding carboxylic acids is 2. The van der Waals surface area contributed by atoms with E-state index in [0.29, 0.717) is 5.56 Å². The minimum absolute atomic E-state index is 0.00612. The Balaban J connectivity index is 3.00. The van der Waals surface area contributed by atoms with Crippen LogP contribution < -0.4 is 5.32 Å². The maximum Gasteiger partial charge on any atom is 0.354 e. The van der Waals surface area contributed by atoms with Gasteiger partial charge in [0.15, 0.2) is 0 Å². The molecule has 5 heteroatoms. The first-order chi connectivity index (χ1) is 8.02. The van der Waals surface area contributed by atoms with Crippen molar-refractivity contribution in [1.82, 2.24) is 5.32 Å². The highest BCUT2D eigenvalue weighted by Gasteiger charge is 2.10. The van der Waals surface area contributed by atoms with Gasteiger partial charge in [-0.15, -0.1) is 0 Å². The van der Waals surface area contributed by atoms with Crippen molar-refractivity contribution < 1.29 is 18.7 Å². The molecule has 0 aliphatic rings. The van der Waals surface area contributed by atoms with Crippen LogP contribution in [-0.2, 0) is 14.3 Å². The van der Waals surface area contributed by atoms with E-state index in [-0.39, 0.29) is 17.4 Å². The summed E-state index contributed by atoms with van der Waals surface area (Å²) >= 11 is 0. The number of hydrogen-bond acceptors (Lipinski definition) is 3. The minimum atomic E-state index is -0.662. The zero-order chi connectivity index (χ0) is 12.8. The van der Waals surface area contributed by atoms with Crippen molar-refractivity contribution >= 4 is 18.0 Å². The van der Waals surface area contributed by atoms with Crippen LogP contribution in [0.4, 0.5) is 4.39 Å². The molecule has 0 radical (unpaired) electrons. The number of nitrogens with one attached hydrogen (secondary N) is 1. The smallest absolute Gasteiger partial charge is 0.354 e. The molecule has 0 unspecified atom stereocenters. The summed E-state index contributed by atoms with van der Waals surface area (Å²) in [7, 11) is 1.21. The average Bonchev–Trinajstić information content (AvgIpc) is 2.29. The van der Waals surface area contributed by atoms with Crippen molar-refractivity contribution in [2.24, 2.45) is 0 Å². The Morgan fingerprint density at radius 2 is 1.88 bits per heavy atom. The number of amides is 1. The second kappa shape index (κ2) is 5.79. The number of benzene rings is 1. The SMILES string of the molecule is COC(=O)/C(=[13CH]\c1ccc(F)cc1)NC(C)=O. The summed E-state index contributed by atoms with van der Waals surface area (Å²) in [6, 6.07) is 5.49. The number of carbonyl (C=O) groups is 2. The molecule has 1 amide bonds. The number of halogens is 1. The molecule has 0 saturated heterocycles. The zero-order valence-corrected chi connectivity index (χ0v) is 9.49. The van der Waals surface area contributed by atoms with Crippen LogP contribution >= 0.6 is 0 Å². The zero-order valence-electron chi connectivity index (χ0n) is 9.49. The largest absolute Gasteiger partial charge is 0.464 e. The summed E-state index contributed by atoms with van der Waals surface area (Å²) in [4.78, 5) is 22.2. The van der Waals surface area contributed by atoms with Crippen LogP contribution in [0.15, 0.2) is 30.0 Å². The Hall–Kier alpha value is -2.17. The standard InChI is InChI=1S/C12H12FNO3/c1-8(15)14-11(12(16)17-2)7-9-3-5-10(13)6-4-9/h3-7H,1-2H3,(H,14,15)/b11-7+/i7+1. The first kappa shape index (κ1) is 12.9. The molecule has 0 bridgehead atoms. The Labute approximate surface area is 98.1 Å². The topological polar surface area (TPSA) is 55.4 Å². The van der Waals surface area contributed by atoms with Gasteiger partial charge in [-0.25, -0.2) is 9.18 Å². The monoisotopic (exact) mass is 238 g/mol. The molecule has 0 aliphatic carbocycles. The predicted molar refractivity (Wildman–Crippen MR) is 60.2 cm³/mol. The van der Waals surface area contributed by atoms with E-state index < -0.39 is 5.97 Å². The second-order valence-electron chi connectivity index (χ2n) is 3.28. The van der Waals surface area contributed by atoms with Gasteiger partial charge < -0.3 is 10.1 Å². The van der Waals surface area contributed by atoms with Gasteiger partial charge >= 0.3 is 5.97 Å². The van der Waals surface area contributed by atoms with Crippen molar-refractivity contribution in [3.8, 4) is 0 Å². The molecule has 0 spiro atoms. The molecule has 4 nitrogen and oxygen atoms in total. The molecular weight excluding hydrogens is 226 g/mol. The molecule has 0 aliphatic heterocycles. The van der Waals surface area contributed by atoms with Gasteiger partial charge in [0.1, 0.15) is 11.5 Å². The average molecular weight is 238 g/mol. The fourth-order valence-electron chi connectivity index (χ4n) is 1.17. The van der Waals surface area contributed by atoms with Crippen LogP contribution in [0.1, 0.15) is 12.5 Å². The molecule has 1 rings (SSSR count). The lowest BCUT2D eigenvalue weighted by molar-refractivity contribution is -0.137. The van der Waals surface area contributed by atoms with Crippen LogP contribution in [-0.4, -0.2) is 19.0 Å². The van der Waals surface area contributed by atoms with Gasteiger partial charge in [0, 0.05) is 6.92 Å². The lowest BCUT2D eigenvalue weighted by Crippen LogP contribution is -2.25. The van der Waals surface area contributed by atoms with Crippen molar-refractivity contribution in [2.75, 3.05) is 7.11 Å².